The Morgan fingerprint density at radius 3 is 2.25 bits per heavy atom. The highest BCUT2D eigenvalue weighted by Gasteiger charge is 2.22. The summed E-state index contributed by atoms with van der Waals surface area (Å²) in [5, 5.41) is 0. The van der Waals surface area contributed by atoms with E-state index < -0.39 is 0 Å². The Hall–Kier alpha value is -4.31. The number of hydrogen-bond acceptors (Lipinski definition) is 2. The second-order valence-electron chi connectivity index (χ2n) is 8.97. The lowest BCUT2D eigenvalue weighted by Gasteiger charge is -2.13. The summed E-state index contributed by atoms with van der Waals surface area (Å²) in [7, 11) is 0. The number of amides is 1. The van der Waals surface area contributed by atoms with E-state index >= 15 is 0 Å². The predicted octanol–water partition coefficient (Wildman–Crippen LogP) is 6.37. The third kappa shape index (κ3) is 4.76. The van der Waals surface area contributed by atoms with Crippen molar-refractivity contribution in [3.63, 3.8) is 0 Å². The summed E-state index contributed by atoms with van der Waals surface area (Å²) >= 11 is 0. The molecule has 0 fully saturated rings. The van der Waals surface area contributed by atoms with Crippen molar-refractivity contribution >= 4 is 11.4 Å². The molecule has 0 saturated carbocycles. The second-order valence-corrected chi connectivity index (χ2v) is 8.97. The van der Waals surface area contributed by atoms with Gasteiger partial charge in [-0.3, -0.25) is 4.79 Å². The van der Waals surface area contributed by atoms with Crippen LogP contribution in [0.5, 0.6) is 5.75 Å². The van der Waals surface area contributed by atoms with Crippen molar-refractivity contribution in [1.29, 1.82) is 0 Å². The zero-order chi connectivity index (χ0) is 24.9. The van der Waals surface area contributed by atoms with Crippen LogP contribution in [0.25, 0.3) is 16.6 Å². The summed E-state index contributed by atoms with van der Waals surface area (Å²) in [6.07, 6.45) is 3.77. The Bertz CT molecular complexity index is 1490. The molecule has 3 aromatic carbocycles. The van der Waals surface area contributed by atoms with Crippen molar-refractivity contribution in [2.75, 3.05) is 0 Å². The molecular weight excluding hydrogens is 444 g/mol. The van der Waals surface area contributed by atoms with Crippen molar-refractivity contribution in [3.05, 3.63) is 131 Å². The molecule has 0 bridgehead atoms. The van der Waals surface area contributed by atoms with E-state index in [1.54, 1.807) is 0 Å². The highest BCUT2D eigenvalue weighted by molar-refractivity contribution is 5.83. The van der Waals surface area contributed by atoms with Crippen molar-refractivity contribution in [3.8, 4) is 16.9 Å². The Labute approximate surface area is 212 Å². The smallest absolute Gasteiger partial charge is 0.221 e. The van der Waals surface area contributed by atoms with Gasteiger partial charge in [0, 0.05) is 18.3 Å². The lowest BCUT2D eigenvalue weighted by atomic mass is 9.94. The van der Waals surface area contributed by atoms with Gasteiger partial charge in [0.1, 0.15) is 12.4 Å². The number of aromatic nitrogens is 1. The summed E-state index contributed by atoms with van der Waals surface area (Å²) in [4.78, 5) is 12.2. The van der Waals surface area contributed by atoms with E-state index in [1.165, 1.54) is 16.7 Å². The first-order valence-corrected chi connectivity index (χ1v) is 12.4. The fourth-order valence-electron chi connectivity index (χ4n) is 5.05. The molecule has 5 aromatic rings. The Kier molecular flexibility index (Phi) is 6.85. The average molecular weight is 475 g/mol. The number of primary amides is 1. The maximum absolute atomic E-state index is 12.2. The summed E-state index contributed by atoms with van der Waals surface area (Å²) in [5.41, 5.74) is 14.7. The number of fused-ring (bicyclic) bond motifs is 1. The number of nitrogens with zero attached hydrogens (tertiary/aromatic N) is 1. The predicted molar refractivity (Wildman–Crippen MR) is 145 cm³/mol. The highest BCUT2D eigenvalue weighted by atomic mass is 16.5. The lowest BCUT2D eigenvalue weighted by molar-refractivity contribution is -0.117. The van der Waals surface area contributed by atoms with E-state index in [0.717, 1.165) is 46.5 Å². The molecule has 0 aliphatic rings. The highest BCUT2D eigenvalue weighted by Crippen LogP contribution is 2.35. The van der Waals surface area contributed by atoms with Gasteiger partial charge in [-0.05, 0) is 51.9 Å². The van der Waals surface area contributed by atoms with Gasteiger partial charge in [0.25, 0.3) is 0 Å². The third-order valence-corrected chi connectivity index (χ3v) is 6.65. The molecule has 2 heterocycles. The zero-order valence-electron chi connectivity index (χ0n) is 20.5. The molecule has 4 nitrogen and oxygen atoms in total. The van der Waals surface area contributed by atoms with Gasteiger partial charge < -0.3 is 14.9 Å². The van der Waals surface area contributed by atoms with Gasteiger partial charge in [0.05, 0.1) is 11.9 Å². The molecule has 0 aliphatic carbocycles. The Morgan fingerprint density at radius 2 is 1.53 bits per heavy atom. The Morgan fingerprint density at radius 1 is 0.833 bits per heavy atom. The fraction of sp³-hybridized carbons (Fsp3) is 0.156. The van der Waals surface area contributed by atoms with Gasteiger partial charge in [-0.25, -0.2) is 0 Å². The number of carbonyl (C=O) groups is 1. The van der Waals surface area contributed by atoms with E-state index in [4.69, 9.17) is 10.5 Å². The van der Waals surface area contributed by atoms with Gasteiger partial charge in [-0.15, -0.1) is 0 Å². The lowest BCUT2D eigenvalue weighted by Crippen LogP contribution is -2.14. The number of pyridine rings is 1. The quantitative estimate of drug-likeness (QED) is 0.270. The van der Waals surface area contributed by atoms with Crippen LogP contribution in [0.3, 0.4) is 0 Å². The first-order chi connectivity index (χ1) is 17.7. The molecule has 0 aliphatic heterocycles. The van der Waals surface area contributed by atoms with Crippen LogP contribution in [0.4, 0.5) is 0 Å². The van der Waals surface area contributed by atoms with Crippen LogP contribution in [0.15, 0.2) is 103 Å². The molecule has 0 radical (unpaired) electrons. The van der Waals surface area contributed by atoms with Crippen molar-refractivity contribution < 1.29 is 9.53 Å². The standard InChI is InChI=1S/C32H30N2O2/c1-2-26-28(21-31(33)35)32-30(36-22-23-12-5-3-6-13-23)18-11-19-34(32)29(26)20-25-16-9-10-17-27(25)24-14-7-4-8-15-24/h3-19H,2,20-22H2,1H3,(H2,33,35). The largest absolute Gasteiger partial charge is 0.487 e. The molecule has 0 saturated heterocycles. The molecule has 2 aromatic heterocycles. The molecule has 36 heavy (non-hydrogen) atoms. The molecule has 0 spiro atoms. The SMILES string of the molecule is CCc1c(CC(N)=O)c2c(OCc3ccccc3)cccn2c1Cc1ccccc1-c1ccccc1. The minimum absolute atomic E-state index is 0.179. The van der Waals surface area contributed by atoms with Crippen LogP contribution in [0, 0.1) is 0 Å². The topological polar surface area (TPSA) is 56.7 Å². The monoisotopic (exact) mass is 474 g/mol. The third-order valence-electron chi connectivity index (χ3n) is 6.65. The average Bonchev–Trinajstić information content (AvgIpc) is 3.21. The second kappa shape index (κ2) is 10.5. The number of nitrogens with two attached hydrogens (primary N) is 1. The molecule has 2 N–H and O–H groups in total. The van der Waals surface area contributed by atoms with Gasteiger partial charge in [0.15, 0.2) is 0 Å². The van der Waals surface area contributed by atoms with Crippen LogP contribution < -0.4 is 10.5 Å². The number of hydrogen-bond donors (Lipinski definition) is 1. The molecule has 5 rings (SSSR count). The van der Waals surface area contributed by atoms with Gasteiger partial charge in [-0.1, -0.05) is 91.9 Å². The Balaban J connectivity index is 1.63. The van der Waals surface area contributed by atoms with E-state index in [2.05, 4.69) is 66.1 Å². The first kappa shape index (κ1) is 23.4. The fourth-order valence-corrected chi connectivity index (χ4v) is 5.05. The van der Waals surface area contributed by atoms with Gasteiger partial charge in [0.2, 0.25) is 5.91 Å². The van der Waals surface area contributed by atoms with Gasteiger partial charge >= 0.3 is 0 Å². The number of ether oxygens (including phenoxy) is 1. The van der Waals surface area contributed by atoms with Crippen LogP contribution in [-0.2, 0) is 30.7 Å². The van der Waals surface area contributed by atoms with E-state index in [1.807, 2.05) is 48.5 Å². The summed E-state index contributed by atoms with van der Waals surface area (Å²) in [5.74, 6) is 0.418. The number of benzene rings is 3. The first-order valence-electron chi connectivity index (χ1n) is 12.4. The maximum Gasteiger partial charge on any atom is 0.221 e. The van der Waals surface area contributed by atoms with Gasteiger partial charge in [-0.2, -0.15) is 0 Å². The molecule has 0 unspecified atom stereocenters. The molecule has 1 amide bonds. The van der Waals surface area contributed by atoms with Crippen molar-refractivity contribution in [1.82, 2.24) is 4.40 Å². The molecule has 4 heteroatoms. The summed E-state index contributed by atoms with van der Waals surface area (Å²) in [6, 6.07) is 33.1. The van der Waals surface area contributed by atoms with E-state index in [-0.39, 0.29) is 12.3 Å². The van der Waals surface area contributed by atoms with Crippen LogP contribution in [0.2, 0.25) is 0 Å². The van der Waals surface area contributed by atoms with Crippen LogP contribution >= 0.6 is 0 Å². The summed E-state index contributed by atoms with van der Waals surface area (Å²) < 4.78 is 8.50. The zero-order valence-corrected chi connectivity index (χ0v) is 20.5. The minimum Gasteiger partial charge on any atom is -0.487 e. The van der Waals surface area contributed by atoms with E-state index in [9.17, 15) is 4.79 Å². The van der Waals surface area contributed by atoms with E-state index in [0.29, 0.717) is 6.61 Å². The molecule has 0 atom stereocenters. The normalized spacial score (nSPS) is 11.0. The van der Waals surface area contributed by atoms with Crippen LogP contribution in [-0.4, -0.2) is 10.3 Å². The molecular formula is C32H30N2O2. The number of rotatable bonds is 9. The van der Waals surface area contributed by atoms with Crippen LogP contribution in [0.1, 0.15) is 34.9 Å². The number of carbonyl (C=O) groups excluding carboxylic acids is 1. The maximum atomic E-state index is 12.2. The molecule has 180 valence electrons. The van der Waals surface area contributed by atoms with Crippen molar-refractivity contribution in [2.45, 2.75) is 32.8 Å². The van der Waals surface area contributed by atoms with Crippen molar-refractivity contribution in [2.24, 2.45) is 5.73 Å². The minimum atomic E-state index is -0.341. The summed E-state index contributed by atoms with van der Waals surface area (Å²) in [6.45, 7) is 2.59.